The molecule has 0 aromatic rings. The van der Waals surface area contributed by atoms with E-state index in [0.717, 1.165) is 11.8 Å². The van der Waals surface area contributed by atoms with E-state index in [1.165, 1.54) is 83.6 Å². The zero-order chi connectivity index (χ0) is 17.3. The normalized spacial score (nSPS) is 21.5. The maximum absolute atomic E-state index is 3.81. The number of fused-ring (bicyclic) bond motifs is 1. The molecular formula is C21H42Cl2HfNSi. The predicted molar refractivity (Wildman–Crippen MR) is 122 cm³/mol. The van der Waals surface area contributed by atoms with Gasteiger partial charge in [-0.1, -0.05) is 23.8 Å². The van der Waals surface area contributed by atoms with Crippen LogP contribution in [0.5, 0.6) is 0 Å². The molecule has 0 saturated heterocycles. The Morgan fingerprint density at radius 2 is 1.58 bits per heavy atom. The van der Waals surface area contributed by atoms with Gasteiger partial charge in [0.25, 0.3) is 0 Å². The van der Waals surface area contributed by atoms with Crippen LogP contribution in [0.1, 0.15) is 77.0 Å². The standard InChI is InChI=1S/C19H32N.2CH3.2ClH.Hf.H2Si/c20-16-10-6-4-2-1-3-5-7-11-17-14-15-18-12-8-9-13-19(17)18;;;;;;/h8-9,13,17-18,20H,1-7,10-12,14-16H2;2*1H3;2*1H;;1H2/q-1;;;;;+1;. The number of allylic oxidation sites excluding steroid dienone is 4. The van der Waals surface area contributed by atoms with Crippen molar-refractivity contribution in [2.24, 2.45) is 11.8 Å². The average molecular weight is 586 g/mol. The van der Waals surface area contributed by atoms with E-state index in [1.54, 1.807) is 5.57 Å². The van der Waals surface area contributed by atoms with Crippen LogP contribution in [-0.2, 0) is 18.9 Å². The van der Waals surface area contributed by atoms with Crippen LogP contribution in [-0.4, -0.2) is 13.5 Å². The maximum atomic E-state index is 3.81. The SMILES string of the molecule is Cl.Cl.[CH3][Hf]([CH3])(=[SiH2])[NH]CCCCCCCCCCC1CCC2CC=CC=C21. The van der Waals surface area contributed by atoms with Crippen LogP contribution in [0, 0.1) is 11.8 Å². The molecule has 2 aliphatic rings. The van der Waals surface area contributed by atoms with E-state index in [1.807, 2.05) is 0 Å². The fourth-order valence-corrected chi connectivity index (χ4v) is 8.84. The number of hydrogen-bond donors (Lipinski definition) is 1. The molecule has 2 aliphatic carbocycles. The third-order valence-corrected chi connectivity index (χ3v) is 12.1. The Morgan fingerprint density at radius 3 is 2.23 bits per heavy atom. The van der Waals surface area contributed by atoms with E-state index in [0.29, 0.717) is 0 Å². The summed E-state index contributed by atoms with van der Waals surface area (Å²) in [6.07, 6.45) is 24.4. The second-order valence-electron chi connectivity index (χ2n) is 8.73. The summed E-state index contributed by atoms with van der Waals surface area (Å²) in [6, 6.07) is 0. The molecular weight excluding hydrogens is 544 g/mol. The van der Waals surface area contributed by atoms with Crippen LogP contribution in [0.15, 0.2) is 23.8 Å². The molecule has 2 rings (SSSR count). The molecule has 0 amide bonds. The van der Waals surface area contributed by atoms with Crippen molar-refractivity contribution in [1.82, 2.24) is 3.30 Å². The first-order valence-corrected chi connectivity index (χ1v) is 27.8. The van der Waals surface area contributed by atoms with Crippen molar-refractivity contribution in [3.8, 4) is 0 Å². The molecule has 5 heteroatoms. The van der Waals surface area contributed by atoms with Gasteiger partial charge in [0.15, 0.2) is 0 Å². The molecule has 26 heavy (non-hydrogen) atoms. The van der Waals surface area contributed by atoms with Crippen LogP contribution in [0.25, 0.3) is 0 Å². The second kappa shape index (κ2) is 15.0. The Balaban J connectivity index is 0.00000312. The summed E-state index contributed by atoms with van der Waals surface area (Å²) in [5, 5.41) is 0. The Bertz CT molecular complexity index is 473. The van der Waals surface area contributed by atoms with Crippen molar-refractivity contribution >= 4 is 31.8 Å². The quantitative estimate of drug-likeness (QED) is 0.202. The smallest absolute Gasteiger partial charge is 0.0839 e. The van der Waals surface area contributed by atoms with Gasteiger partial charge in [-0.2, -0.15) is 0 Å². The summed E-state index contributed by atoms with van der Waals surface area (Å²) < 4.78 is 8.78. The minimum atomic E-state index is -1.79. The third kappa shape index (κ3) is 11.2. The number of unbranched alkanes of at least 4 members (excludes halogenated alkanes) is 7. The first-order chi connectivity index (χ1) is 11.6. The molecule has 2 atom stereocenters. The van der Waals surface area contributed by atoms with E-state index < -0.39 is 18.9 Å². The van der Waals surface area contributed by atoms with E-state index in [9.17, 15) is 0 Å². The molecule has 0 radical (unpaired) electrons. The van der Waals surface area contributed by atoms with Crippen molar-refractivity contribution in [2.75, 3.05) is 6.54 Å². The molecule has 1 nitrogen and oxygen atoms in total. The van der Waals surface area contributed by atoms with Gasteiger partial charge in [0.1, 0.15) is 0 Å². The Morgan fingerprint density at radius 1 is 0.962 bits per heavy atom. The van der Waals surface area contributed by atoms with Gasteiger partial charge in [0.05, 0.1) is 0 Å². The van der Waals surface area contributed by atoms with Gasteiger partial charge in [0.2, 0.25) is 0 Å². The first kappa shape index (κ1) is 27.1. The second-order valence-corrected chi connectivity index (χ2v) is 38.0. The summed E-state index contributed by atoms with van der Waals surface area (Å²) in [6.45, 7) is 3.55. The van der Waals surface area contributed by atoms with Gasteiger partial charge < -0.3 is 0 Å². The van der Waals surface area contributed by atoms with Crippen molar-refractivity contribution in [1.29, 1.82) is 0 Å². The van der Waals surface area contributed by atoms with Crippen LogP contribution in [0.4, 0.5) is 0 Å². The van der Waals surface area contributed by atoms with Crippen LogP contribution >= 0.6 is 24.8 Å². The van der Waals surface area contributed by atoms with Crippen molar-refractivity contribution in [3.63, 3.8) is 0 Å². The zero-order valence-corrected chi connectivity index (χ0v) is 23.7. The Kier molecular flexibility index (Phi) is 15.7. The van der Waals surface area contributed by atoms with Gasteiger partial charge in [-0.05, 0) is 25.2 Å². The number of halogens is 2. The number of hydrogen-bond acceptors (Lipinski definition) is 1. The summed E-state index contributed by atoms with van der Waals surface area (Å²) >= 11 is -1.79. The molecule has 153 valence electrons. The van der Waals surface area contributed by atoms with Crippen LogP contribution in [0.3, 0.4) is 0 Å². The third-order valence-electron chi connectivity index (χ3n) is 5.73. The number of rotatable bonds is 12. The molecule has 1 saturated carbocycles. The summed E-state index contributed by atoms with van der Waals surface area (Å²) in [7, 11) is 0. The van der Waals surface area contributed by atoms with E-state index in [2.05, 4.69) is 37.8 Å². The van der Waals surface area contributed by atoms with Crippen molar-refractivity contribution in [3.05, 3.63) is 23.8 Å². The average Bonchev–Trinajstić information content (AvgIpc) is 2.95. The molecule has 1 fully saturated rings. The first-order valence-electron chi connectivity index (χ1n) is 10.5. The molecule has 0 aliphatic heterocycles. The monoisotopic (exact) mass is 586 g/mol. The minimum Gasteiger partial charge on any atom is -0.0839 e. The van der Waals surface area contributed by atoms with Gasteiger partial charge in [0, 0.05) is 0 Å². The molecule has 0 aromatic heterocycles. The fraction of sp³-hybridized carbons (Fsp3) is 0.810. The molecule has 0 aromatic carbocycles. The molecule has 0 spiro atoms. The zero-order valence-electron chi connectivity index (χ0n) is 17.1. The van der Waals surface area contributed by atoms with Gasteiger partial charge >= 0.3 is 109 Å². The molecule has 2 unspecified atom stereocenters. The number of nitrogens with one attached hydrogen (secondary N) is 1. The fourth-order valence-electron chi connectivity index (χ4n) is 4.33. The van der Waals surface area contributed by atoms with Crippen molar-refractivity contribution in [2.45, 2.75) is 86.4 Å². The summed E-state index contributed by atoms with van der Waals surface area (Å²) in [5.74, 6) is 1.85. The molecule has 0 heterocycles. The topological polar surface area (TPSA) is 12.0 Å². The van der Waals surface area contributed by atoms with Gasteiger partial charge in [-0.25, -0.2) is 0 Å². The summed E-state index contributed by atoms with van der Waals surface area (Å²) in [4.78, 5) is 0. The van der Waals surface area contributed by atoms with E-state index in [-0.39, 0.29) is 24.8 Å². The van der Waals surface area contributed by atoms with Crippen molar-refractivity contribution < 1.29 is 18.9 Å². The minimum absolute atomic E-state index is 0. The van der Waals surface area contributed by atoms with Crippen LogP contribution < -0.4 is 3.30 Å². The Hall–Kier alpha value is 1.11. The molecule has 1 N–H and O–H groups in total. The Labute approximate surface area is 181 Å². The van der Waals surface area contributed by atoms with Crippen LogP contribution in [0.2, 0.25) is 9.36 Å². The van der Waals surface area contributed by atoms with E-state index >= 15 is 0 Å². The summed E-state index contributed by atoms with van der Waals surface area (Å²) in [5.41, 5.74) is 1.80. The van der Waals surface area contributed by atoms with Gasteiger partial charge in [-0.3, -0.25) is 0 Å². The molecule has 0 bridgehead atoms. The van der Waals surface area contributed by atoms with E-state index in [4.69, 9.17) is 0 Å². The van der Waals surface area contributed by atoms with Gasteiger partial charge in [-0.15, -0.1) is 24.8 Å². The predicted octanol–water partition coefficient (Wildman–Crippen LogP) is 6.56.